The van der Waals surface area contributed by atoms with Crippen LogP contribution in [0.3, 0.4) is 0 Å². The second-order valence-electron chi connectivity index (χ2n) is 2.43. The molecule has 0 saturated carbocycles. The standard InChI is InChI=1S/C8H17N/c1-4-8(3)6-7-9-5-2/h7-8H,4-6H2,1-3H3. The summed E-state index contributed by atoms with van der Waals surface area (Å²) in [5, 5.41) is 0. The summed E-state index contributed by atoms with van der Waals surface area (Å²) in [6.45, 7) is 7.45. The third-order valence-electron chi connectivity index (χ3n) is 1.52. The fourth-order valence-electron chi connectivity index (χ4n) is 0.550. The van der Waals surface area contributed by atoms with Crippen molar-refractivity contribution in [3.05, 3.63) is 0 Å². The molecule has 0 saturated heterocycles. The molecule has 0 aromatic carbocycles. The van der Waals surface area contributed by atoms with Gasteiger partial charge in [-0.2, -0.15) is 0 Å². The molecule has 0 spiro atoms. The number of hydrogen-bond acceptors (Lipinski definition) is 1. The predicted molar refractivity (Wildman–Crippen MR) is 43.1 cm³/mol. The Balaban J connectivity index is 3.15. The van der Waals surface area contributed by atoms with Crippen LogP contribution in [0.5, 0.6) is 0 Å². The first-order valence-electron chi connectivity index (χ1n) is 3.79. The van der Waals surface area contributed by atoms with Crippen LogP contribution in [0.4, 0.5) is 0 Å². The summed E-state index contributed by atoms with van der Waals surface area (Å²) in [7, 11) is 0. The Hall–Kier alpha value is -0.330. The topological polar surface area (TPSA) is 12.4 Å². The molecule has 0 aromatic rings. The number of nitrogens with zero attached hydrogens (tertiary/aromatic N) is 1. The van der Waals surface area contributed by atoms with E-state index in [1.165, 1.54) is 6.42 Å². The van der Waals surface area contributed by atoms with Gasteiger partial charge in [-0.1, -0.05) is 20.3 Å². The first kappa shape index (κ1) is 8.67. The van der Waals surface area contributed by atoms with E-state index in [1.807, 2.05) is 6.21 Å². The zero-order valence-corrected chi connectivity index (χ0v) is 6.72. The van der Waals surface area contributed by atoms with E-state index in [0.29, 0.717) is 0 Å². The summed E-state index contributed by atoms with van der Waals surface area (Å²) >= 11 is 0. The molecule has 1 heteroatoms. The lowest BCUT2D eigenvalue weighted by molar-refractivity contribution is 0.591. The minimum atomic E-state index is 0.806. The molecule has 0 heterocycles. The molecule has 0 amide bonds. The average Bonchev–Trinajstić information content (AvgIpc) is 1.89. The molecule has 1 unspecified atom stereocenters. The Morgan fingerprint density at radius 2 is 2.11 bits per heavy atom. The van der Waals surface area contributed by atoms with Crippen molar-refractivity contribution in [2.24, 2.45) is 10.9 Å². The fraction of sp³-hybridized carbons (Fsp3) is 0.875. The van der Waals surface area contributed by atoms with Crippen molar-refractivity contribution in [1.82, 2.24) is 0 Å². The third-order valence-corrected chi connectivity index (χ3v) is 1.52. The molecule has 0 rings (SSSR count). The maximum atomic E-state index is 4.13. The molecule has 0 fully saturated rings. The lowest BCUT2D eigenvalue weighted by Crippen LogP contribution is -1.91. The summed E-state index contributed by atoms with van der Waals surface area (Å²) in [5.74, 6) is 0.806. The predicted octanol–water partition coefficient (Wildman–Crippen LogP) is 2.51. The Morgan fingerprint density at radius 3 is 2.56 bits per heavy atom. The van der Waals surface area contributed by atoms with E-state index < -0.39 is 0 Å². The van der Waals surface area contributed by atoms with Crippen molar-refractivity contribution in [3.63, 3.8) is 0 Å². The number of hydrogen-bond donors (Lipinski definition) is 0. The van der Waals surface area contributed by atoms with Gasteiger partial charge in [0.15, 0.2) is 0 Å². The summed E-state index contributed by atoms with van der Waals surface area (Å²) in [6.07, 6.45) is 4.44. The molecular weight excluding hydrogens is 110 g/mol. The molecule has 0 N–H and O–H groups in total. The van der Waals surface area contributed by atoms with Crippen LogP contribution in [0.1, 0.15) is 33.6 Å². The highest BCUT2D eigenvalue weighted by Gasteiger charge is 1.92. The van der Waals surface area contributed by atoms with Gasteiger partial charge in [-0.3, -0.25) is 4.99 Å². The van der Waals surface area contributed by atoms with Crippen LogP contribution in [-0.4, -0.2) is 12.8 Å². The minimum Gasteiger partial charge on any atom is -0.298 e. The normalized spacial score (nSPS) is 14.6. The highest BCUT2D eigenvalue weighted by molar-refractivity contribution is 5.57. The van der Waals surface area contributed by atoms with Crippen molar-refractivity contribution in [3.8, 4) is 0 Å². The second-order valence-corrected chi connectivity index (χ2v) is 2.43. The summed E-state index contributed by atoms with van der Waals surface area (Å²) in [4.78, 5) is 4.13. The first-order chi connectivity index (χ1) is 4.31. The lowest BCUT2D eigenvalue weighted by Gasteiger charge is -2.00. The minimum absolute atomic E-state index is 0.806. The molecular formula is C8H17N. The highest BCUT2D eigenvalue weighted by atomic mass is 14.7. The van der Waals surface area contributed by atoms with Crippen LogP contribution >= 0.6 is 0 Å². The number of aliphatic imine (C=N–C) groups is 1. The fourth-order valence-corrected chi connectivity index (χ4v) is 0.550. The zero-order valence-electron chi connectivity index (χ0n) is 6.72. The molecule has 1 atom stereocenters. The van der Waals surface area contributed by atoms with Crippen LogP contribution in [0.25, 0.3) is 0 Å². The Bertz CT molecular complexity index is 76.6. The molecule has 0 radical (unpaired) electrons. The molecule has 0 aliphatic rings. The van der Waals surface area contributed by atoms with Crippen LogP contribution in [0, 0.1) is 5.92 Å². The highest BCUT2D eigenvalue weighted by Crippen LogP contribution is 2.02. The molecule has 0 aliphatic heterocycles. The van der Waals surface area contributed by atoms with Crippen LogP contribution in [0.15, 0.2) is 4.99 Å². The SMILES string of the molecule is CCN=CCC(C)CC. The van der Waals surface area contributed by atoms with Gasteiger partial charge in [-0.05, 0) is 25.5 Å². The van der Waals surface area contributed by atoms with Crippen molar-refractivity contribution in [1.29, 1.82) is 0 Å². The van der Waals surface area contributed by atoms with Gasteiger partial charge in [0, 0.05) is 6.54 Å². The van der Waals surface area contributed by atoms with E-state index in [9.17, 15) is 0 Å². The monoisotopic (exact) mass is 127 g/mol. The van der Waals surface area contributed by atoms with E-state index in [0.717, 1.165) is 18.9 Å². The van der Waals surface area contributed by atoms with E-state index in [2.05, 4.69) is 25.8 Å². The van der Waals surface area contributed by atoms with Gasteiger partial charge in [0.2, 0.25) is 0 Å². The smallest absolute Gasteiger partial charge is 0.0357 e. The Labute approximate surface area is 58.2 Å². The lowest BCUT2D eigenvalue weighted by atomic mass is 10.1. The zero-order chi connectivity index (χ0) is 7.11. The van der Waals surface area contributed by atoms with Crippen LogP contribution < -0.4 is 0 Å². The van der Waals surface area contributed by atoms with Crippen molar-refractivity contribution in [2.75, 3.05) is 6.54 Å². The quantitative estimate of drug-likeness (QED) is 0.514. The molecule has 9 heavy (non-hydrogen) atoms. The van der Waals surface area contributed by atoms with Crippen molar-refractivity contribution in [2.45, 2.75) is 33.6 Å². The first-order valence-corrected chi connectivity index (χ1v) is 3.79. The maximum Gasteiger partial charge on any atom is 0.0357 e. The Kier molecular flexibility index (Phi) is 5.59. The van der Waals surface area contributed by atoms with E-state index in [1.54, 1.807) is 0 Å². The molecule has 1 nitrogen and oxygen atoms in total. The van der Waals surface area contributed by atoms with Gasteiger partial charge >= 0.3 is 0 Å². The van der Waals surface area contributed by atoms with Crippen molar-refractivity contribution >= 4 is 6.21 Å². The molecule has 0 aliphatic carbocycles. The van der Waals surface area contributed by atoms with Gasteiger partial charge in [0.25, 0.3) is 0 Å². The summed E-state index contributed by atoms with van der Waals surface area (Å²) in [6, 6.07) is 0. The van der Waals surface area contributed by atoms with E-state index >= 15 is 0 Å². The largest absolute Gasteiger partial charge is 0.298 e. The van der Waals surface area contributed by atoms with Crippen molar-refractivity contribution < 1.29 is 0 Å². The van der Waals surface area contributed by atoms with Gasteiger partial charge in [0.05, 0.1) is 0 Å². The van der Waals surface area contributed by atoms with Gasteiger partial charge in [0.1, 0.15) is 0 Å². The van der Waals surface area contributed by atoms with Gasteiger partial charge < -0.3 is 0 Å². The second kappa shape index (κ2) is 5.80. The van der Waals surface area contributed by atoms with Gasteiger partial charge in [-0.15, -0.1) is 0 Å². The van der Waals surface area contributed by atoms with Gasteiger partial charge in [-0.25, -0.2) is 0 Å². The van der Waals surface area contributed by atoms with Crippen LogP contribution in [0.2, 0.25) is 0 Å². The van der Waals surface area contributed by atoms with E-state index in [4.69, 9.17) is 0 Å². The number of rotatable bonds is 4. The third kappa shape index (κ3) is 5.54. The van der Waals surface area contributed by atoms with Crippen LogP contribution in [-0.2, 0) is 0 Å². The molecule has 0 bridgehead atoms. The maximum absolute atomic E-state index is 4.13. The summed E-state index contributed by atoms with van der Waals surface area (Å²) < 4.78 is 0. The molecule has 54 valence electrons. The molecule has 0 aromatic heterocycles. The average molecular weight is 127 g/mol. The summed E-state index contributed by atoms with van der Waals surface area (Å²) in [5.41, 5.74) is 0. The van der Waals surface area contributed by atoms with E-state index in [-0.39, 0.29) is 0 Å². The Morgan fingerprint density at radius 1 is 1.44 bits per heavy atom.